The highest BCUT2D eigenvalue weighted by atomic mass is 16.5. The lowest BCUT2D eigenvalue weighted by Crippen LogP contribution is -2.25. The number of methoxy groups -OCH3 is 1. The molecule has 0 saturated carbocycles. The van der Waals surface area contributed by atoms with Gasteiger partial charge in [-0.05, 0) is 13.0 Å². The Morgan fingerprint density at radius 2 is 2.17 bits per heavy atom. The van der Waals surface area contributed by atoms with Gasteiger partial charge in [-0.15, -0.1) is 0 Å². The van der Waals surface area contributed by atoms with Crippen molar-refractivity contribution in [3.05, 3.63) is 0 Å². The zero-order chi connectivity index (χ0) is 9.40. The smallest absolute Gasteiger partial charge is 0.319 e. The number of esters is 1. The van der Waals surface area contributed by atoms with Gasteiger partial charge in [0.05, 0.1) is 13.7 Å². The van der Waals surface area contributed by atoms with Gasteiger partial charge in [-0.3, -0.25) is 9.59 Å². The molecule has 0 spiro atoms. The third-order valence-electron chi connectivity index (χ3n) is 1.27. The molecule has 0 aliphatic heterocycles. The van der Waals surface area contributed by atoms with Crippen LogP contribution in [0.5, 0.6) is 0 Å². The number of ether oxygens (including phenoxy) is 1. The Bertz CT molecular complexity index is 159. The lowest BCUT2D eigenvalue weighted by molar-refractivity contribution is -0.139. The molecule has 0 aromatic heterocycles. The first kappa shape index (κ1) is 10.9. The van der Waals surface area contributed by atoms with E-state index < -0.39 is 0 Å². The normalized spacial score (nSPS) is 9.42. The maximum atomic E-state index is 10.5. The van der Waals surface area contributed by atoms with E-state index in [4.69, 9.17) is 5.73 Å². The molecule has 0 bridgehead atoms. The fraction of sp³-hybridized carbons (Fsp3) is 0.714. The molecule has 0 aromatic carbocycles. The molecule has 0 aliphatic carbocycles. The minimum atomic E-state index is -0.324. The SMILES string of the molecule is COC(=O)CNCCCC(N)=O. The number of hydrogen-bond donors (Lipinski definition) is 2. The first-order valence-corrected chi connectivity index (χ1v) is 3.72. The highest BCUT2D eigenvalue weighted by Crippen LogP contribution is 1.83. The van der Waals surface area contributed by atoms with E-state index in [0.29, 0.717) is 19.4 Å². The van der Waals surface area contributed by atoms with E-state index in [-0.39, 0.29) is 18.4 Å². The van der Waals surface area contributed by atoms with Gasteiger partial charge in [-0.25, -0.2) is 0 Å². The summed E-state index contributed by atoms with van der Waals surface area (Å²) in [6.07, 6.45) is 0.987. The summed E-state index contributed by atoms with van der Waals surface area (Å²) < 4.78 is 4.38. The number of carbonyl (C=O) groups is 2. The molecule has 0 heterocycles. The monoisotopic (exact) mass is 174 g/mol. The summed E-state index contributed by atoms with van der Waals surface area (Å²) >= 11 is 0. The van der Waals surface area contributed by atoms with Crippen LogP contribution in [0.15, 0.2) is 0 Å². The lowest BCUT2D eigenvalue weighted by atomic mass is 10.3. The van der Waals surface area contributed by atoms with Crippen molar-refractivity contribution in [2.75, 3.05) is 20.2 Å². The van der Waals surface area contributed by atoms with Crippen molar-refractivity contribution in [2.24, 2.45) is 5.73 Å². The molecule has 1 amide bonds. The van der Waals surface area contributed by atoms with Gasteiger partial charge in [0.15, 0.2) is 0 Å². The van der Waals surface area contributed by atoms with E-state index in [2.05, 4.69) is 10.1 Å². The van der Waals surface area contributed by atoms with Crippen LogP contribution < -0.4 is 11.1 Å². The van der Waals surface area contributed by atoms with Crippen molar-refractivity contribution in [3.63, 3.8) is 0 Å². The molecule has 0 saturated heterocycles. The topological polar surface area (TPSA) is 81.4 Å². The average molecular weight is 174 g/mol. The van der Waals surface area contributed by atoms with Crippen LogP contribution in [0.4, 0.5) is 0 Å². The minimum Gasteiger partial charge on any atom is -0.468 e. The number of nitrogens with one attached hydrogen (secondary N) is 1. The molecule has 3 N–H and O–H groups in total. The van der Waals surface area contributed by atoms with E-state index in [1.165, 1.54) is 7.11 Å². The zero-order valence-corrected chi connectivity index (χ0v) is 7.13. The number of primary amides is 1. The maximum absolute atomic E-state index is 10.5. The summed E-state index contributed by atoms with van der Waals surface area (Å²) in [6, 6.07) is 0. The molecular formula is C7H14N2O3. The van der Waals surface area contributed by atoms with Gasteiger partial charge in [0.2, 0.25) is 5.91 Å². The van der Waals surface area contributed by atoms with Crippen molar-refractivity contribution in [1.82, 2.24) is 5.32 Å². The summed E-state index contributed by atoms with van der Waals surface area (Å²) in [4.78, 5) is 20.8. The molecule has 0 radical (unpaired) electrons. The van der Waals surface area contributed by atoms with Gasteiger partial charge in [0.1, 0.15) is 0 Å². The summed E-state index contributed by atoms with van der Waals surface area (Å²) in [5, 5.41) is 2.81. The first-order valence-electron chi connectivity index (χ1n) is 3.72. The number of amides is 1. The standard InChI is InChI=1S/C7H14N2O3/c1-12-7(11)5-9-4-2-3-6(8)10/h9H,2-5H2,1H3,(H2,8,10). The predicted octanol–water partition coefficient (Wildman–Crippen LogP) is -0.985. The van der Waals surface area contributed by atoms with E-state index in [1.807, 2.05) is 0 Å². The second-order valence-corrected chi connectivity index (χ2v) is 2.32. The van der Waals surface area contributed by atoms with Gasteiger partial charge in [0.25, 0.3) is 0 Å². The summed E-state index contributed by atoms with van der Waals surface area (Å²) in [7, 11) is 1.33. The molecule has 0 atom stereocenters. The molecule has 0 unspecified atom stereocenters. The Morgan fingerprint density at radius 1 is 1.50 bits per heavy atom. The van der Waals surface area contributed by atoms with Crippen molar-refractivity contribution in [2.45, 2.75) is 12.8 Å². The third-order valence-corrected chi connectivity index (χ3v) is 1.27. The van der Waals surface area contributed by atoms with Gasteiger partial charge in [0, 0.05) is 6.42 Å². The lowest BCUT2D eigenvalue weighted by Gasteiger charge is -2.01. The second-order valence-electron chi connectivity index (χ2n) is 2.32. The van der Waals surface area contributed by atoms with Crippen LogP contribution in [0.25, 0.3) is 0 Å². The van der Waals surface area contributed by atoms with Gasteiger partial charge in [-0.2, -0.15) is 0 Å². The van der Waals surface area contributed by atoms with E-state index >= 15 is 0 Å². The summed E-state index contributed by atoms with van der Waals surface area (Å²) in [5.41, 5.74) is 4.90. The molecule has 0 aliphatic rings. The molecule has 0 rings (SSSR count). The minimum absolute atomic E-state index is 0.176. The highest BCUT2D eigenvalue weighted by Gasteiger charge is 1.98. The number of nitrogens with two attached hydrogens (primary N) is 1. The number of hydrogen-bond acceptors (Lipinski definition) is 4. The molecule has 70 valence electrons. The summed E-state index contributed by atoms with van der Waals surface area (Å²) in [6.45, 7) is 0.771. The van der Waals surface area contributed by atoms with Crippen LogP contribution in [-0.2, 0) is 14.3 Å². The third kappa shape index (κ3) is 7.01. The van der Waals surface area contributed by atoms with Gasteiger partial charge in [-0.1, -0.05) is 0 Å². The van der Waals surface area contributed by atoms with Crippen molar-refractivity contribution < 1.29 is 14.3 Å². The summed E-state index contributed by atoms with van der Waals surface area (Å²) in [5.74, 6) is -0.635. The van der Waals surface area contributed by atoms with E-state index in [9.17, 15) is 9.59 Å². The second kappa shape index (κ2) is 6.60. The Balaban J connectivity index is 3.11. The largest absolute Gasteiger partial charge is 0.468 e. The molecule has 12 heavy (non-hydrogen) atoms. The Labute approximate surface area is 71.3 Å². The van der Waals surface area contributed by atoms with Crippen LogP contribution in [0.3, 0.4) is 0 Å². The van der Waals surface area contributed by atoms with Crippen LogP contribution in [0.1, 0.15) is 12.8 Å². The fourth-order valence-electron chi connectivity index (χ4n) is 0.650. The van der Waals surface area contributed by atoms with Crippen molar-refractivity contribution in [3.8, 4) is 0 Å². The maximum Gasteiger partial charge on any atom is 0.319 e. The fourth-order valence-corrected chi connectivity index (χ4v) is 0.650. The average Bonchev–Trinajstić information content (AvgIpc) is 2.03. The van der Waals surface area contributed by atoms with Gasteiger partial charge >= 0.3 is 5.97 Å². The van der Waals surface area contributed by atoms with E-state index in [0.717, 1.165) is 0 Å². The zero-order valence-electron chi connectivity index (χ0n) is 7.13. The van der Waals surface area contributed by atoms with Crippen LogP contribution >= 0.6 is 0 Å². The molecular weight excluding hydrogens is 160 g/mol. The molecule has 5 nitrogen and oxygen atoms in total. The van der Waals surface area contributed by atoms with Crippen LogP contribution in [0, 0.1) is 0 Å². The van der Waals surface area contributed by atoms with Crippen LogP contribution in [0.2, 0.25) is 0 Å². The predicted molar refractivity (Wildman–Crippen MR) is 43.3 cm³/mol. The molecule has 0 fully saturated rings. The molecule has 0 aromatic rings. The Morgan fingerprint density at radius 3 is 2.67 bits per heavy atom. The number of rotatable bonds is 6. The van der Waals surface area contributed by atoms with E-state index in [1.54, 1.807) is 0 Å². The Kier molecular flexibility index (Phi) is 6.00. The van der Waals surface area contributed by atoms with Crippen molar-refractivity contribution >= 4 is 11.9 Å². The highest BCUT2D eigenvalue weighted by molar-refractivity contribution is 5.73. The first-order chi connectivity index (χ1) is 5.66. The van der Waals surface area contributed by atoms with Gasteiger partial charge < -0.3 is 15.8 Å². The quantitative estimate of drug-likeness (QED) is 0.400. The number of carbonyl (C=O) groups excluding carboxylic acids is 2. The molecule has 5 heteroatoms. The van der Waals surface area contributed by atoms with Crippen LogP contribution in [-0.4, -0.2) is 32.1 Å². The Hall–Kier alpha value is -1.10. The van der Waals surface area contributed by atoms with Crippen molar-refractivity contribution in [1.29, 1.82) is 0 Å².